The van der Waals surface area contributed by atoms with Gasteiger partial charge in [0.2, 0.25) is 0 Å². The fourth-order valence-corrected chi connectivity index (χ4v) is 10.8. The standard InChI is InChI=1S/C14H24P2/c1-15(2)10-13-16(11-6-7-12-16)14-8-4-3-5-9-14/h3-5,8-9,16H,6-7,10-13H2,1-2H3. The predicted molar refractivity (Wildman–Crippen MR) is 81.9 cm³/mol. The Labute approximate surface area is 102 Å². The summed E-state index contributed by atoms with van der Waals surface area (Å²) < 4.78 is 0. The maximum atomic E-state index is 2.43. The van der Waals surface area contributed by atoms with Gasteiger partial charge in [0.1, 0.15) is 0 Å². The van der Waals surface area contributed by atoms with E-state index in [-0.39, 0.29) is 0 Å². The number of benzene rings is 1. The van der Waals surface area contributed by atoms with Crippen molar-refractivity contribution in [3.63, 3.8) is 0 Å². The number of rotatable bonds is 4. The summed E-state index contributed by atoms with van der Waals surface area (Å²) in [6, 6.07) is 11.5. The van der Waals surface area contributed by atoms with Gasteiger partial charge in [-0.15, -0.1) is 0 Å². The van der Waals surface area contributed by atoms with Crippen LogP contribution in [0, 0.1) is 0 Å². The Bertz CT molecular complexity index is 313. The molecule has 0 aromatic heterocycles. The van der Waals surface area contributed by atoms with E-state index in [9.17, 15) is 0 Å². The van der Waals surface area contributed by atoms with Crippen molar-refractivity contribution in [3.8, 4) is 0 Å². The van der Waals surface area contributed by atoms with Gasteiger partial charge in [0.25, 0.3) is 0 Å². The summed E-state index contributed by atoms with van der Waals surface area (Å²) in [5.74, 6) is 0. The van der Waals surface area contributed by atoms with Crippen molar-refractivity contribution in [2.24, 2.45) is 0 Å². The van der Waals surface area contributed by atoms with Gasteiger partial charge in [-0.3, -0.25) is 0 Å². The second-order valence-electron chi connectivity index (χ2n) is 5.41. The molecule has 16 heavy (non-hydrogen) atoms. The first-order chi connectivity index (χ1) is 7.73. The van der Waals surface area contributed by atoms with Crippen molar-refractivity contribution in [2.45, 2.75) is 12.8 Å². The van der Waals surface area contributed by atoms with Gasteiger partial charge in [-0.2, -0.15) is 0 Å². The van der Waals surface area contributed by atoms with Crippen LogP contribution in [0.15, 0.2) is 30.3 Å². The van der Waals surface area contributed by atoms with Gasteiger partial charge in [0.15, 0.2) is 0 Å². The molecule has 1 aliphatic heterocycles. The molecule has 1 aromatic rings. The van der Waals surface area contributed by atoms with Crippen LogP contribution in [-0.4, -0.2) is 38.0 Å². The Kier molecular flexibility index (Phi) is 4.40. The SMILES string of the molecule is CP(C)CC[PH]1(c2ccccc2)CCCC1. The fourth-order valence-electron chi connectivity index (χ4n) is 2.96. The summed E-state index contributed by atoms with van der Waals surface area (Å²) in [7, 11) is -0.759. The fraction of sp³-hybridized carbons (Fsp3) is 0.571. The van der Waals surface area contributed by atoms with E-state index >= 15 is 0 Å². The first-order valence-electron chi connectivity index (χ1n) is 6.43. The van der Waals surface area contributed by atoms with E-state index in [1.54, 1.807) is 23.8 Å². The minimum absolute atomic E-state index is 0.296. The first-order valence-corrected chi connectivity index (χ1v) is 11.5. The molecule has 0 bridgehead atoms. The van der Waals surface area contributed by atoms with Crippen LogP contribution < -0.4 is 5.30 Å². The zero-order chi connectivity index (χ0) is 11.4. The van der Waals surface area contributed by atoms with Crippen molar-refractivity contribution >= 4 is 20.5 Å². The average molecular weight is 254 g/mol. The van der Waals surface area contributed by atoms with Gasteiger partial charge < -0.3 is 0 Å². The summed E-state index contributed by atoms with van der Waals surface area (Å²) in [6.45, 7) is 4.86. The molecule has 1 heterocycles. The number of hydrogen-bond acceptors (Lipinski definition) is 0. The van der Waals surface area contributed by atoms with Crippen LogP contribution >= 0.6 is 15.2 Å². The Morgan fingerprint density at radius 1 is 1.06 bits per heavy atom. The molecule has 0 aliphatic carbocycles. The Morgan fingerprint density at radius 3 is 2.25 bits per heavy atom. The predicted octanol–water partition coefficient (Wildman–Crippen LogP) is 3.60. The van der Waals surface area contributed by atoms with Crippen molar-refractivity contribution in [1.82, 2.24) is 0 Å². The molecule has 0 N–H and O–H groups in total. The van der Waals surface area contributed by atoms with Gasteiger partial charge in [-0.05, 0) is 0 Å². The van der Waals surface area contributed by atoms with E-state index in [0.29, 0.717) is 7.92 Å². The second kappa shape index (κ2) is 5.61. The Morgan fingerprint density at radius 2 is 1.69 bits per heavy atom. The Balaban J connectivity index is 2.16. The van der Waals surface area contributed by atoms with Crippen LogP contribution in [0.3, 0.4) is 0 Å². The Hall–Kier alpha value is 0.0800. The van der Waals surface area contributed by atoms with E-state index in [1.807, 2.05) is 0 Å². The van der Waals surface area contributed by atoms with E-state index in [0.717, 1.165) is 0 Å². The van der Waals surface area contributed by atoms with Crippen molar-refractivity contribution in [2.75, 3.05) is 38.0 Å². The molecule has 0 unspecified atom stereocenters. The summed E-state index contributed by atoms with van der Waals surface area (Å²) in [6.07, 6.45) is 9.14. The first kappa shape index (κ1) is 12.5. The molecule has 0 amide bonds. The third kappa shape index (κ3) is 2.85. The molecule has 0 nitrogen and oxygen atoms in total. The second-order valence-corrected chi connectivity index (χ2v) is 12.7. The molecule has 2 heteroatoms. The maximum absolute atomic E-state index is 2.43. The topological polar surface area (TPSA) is 0 Å². The molecule has 1 saturated heterocycles. The van der Waals surface area contributed by atoms with Gasteiger partial charge >= 0.3 is 102 Å². The molecular weight excluding hydrogens is 230 g/mol. The van der Waals surface area contributed by atoms with Gasteiger partial charge in [-0.1, -0.05) is 0 Å². The van der Waals surface area contributed by atoms with E-state index in [1.165, 1.54) is 19.0 Å². The van der Waals surface area contributed by atoms with Crippen LogP contribution in [0.4, 0.5) is 0 Å². The zero-order valence-electron chi connectivity index (χ0n) is 10.6. The quantitative estimate of drug-likeness (QED) is 0.720. The van der Waals surface area contributed by atoms with Crippen molar-refractivity contribution in [1.29, 1.82) is 0 Å². The average Bonchev–Trinajstić information content (AvgIpc) is 2.78. The van der Waals surface area contributed by atoms with Crippen LogP contribution in [0.1, 0.15) is 12.8 Å². The summed E-state index contributed by atoms with van der Waals surface area (Å²) in [4.78, 5) is 0. The van der Waals surface area contributed by atoms with Crippen LogP contribution in [0.25, 0.3) is 0 Å². The molecule has 1 aromatic carbocycles. The molecule has 0 spiro atoms. The van der Waals surface area contributed by atoms with Crippen molar-refractivity contribution < 1.29 is 0 Å². The normalized spacial score (nSPS) is 21.2. The van der Waals surface area contributed by atoms with Gasteiger partial charge in [-0.25, -0.2) is 0 Å². The summed E-state index contributed by atoms with van der Waals surface area (Å²) in [5, 5.41) is 1.74. The molecule has 90 valence electrons. The minimum atomic E-state index is -1.06. The third-order valence-electron chi connectivity index (χ3n) is 3.98. The molecular formula is C14H24P2. The monoisotopic (exact) mass is 254 g/mol. The third-order valence-corrected chi connectivity index (χ3v) is 10.9. The van der Waals surface area contributed by atoms with E-state index < -0.39 is 7.26 Å². The van der Waals surface area contributed by atoms with E-state index in [2.05, 4.69) is 43.7 Å². The zero-order valence-corrected chi connectivity index (χ0v) is 12.5. The molecule has 0 saturated carbocycles. The van der Waals surface area contributed by atoms with Gasteiger partial charge in [0.05, 0.1) is 0 Å². The molecule has 1 fully saturated rings. The van der Waals surface area contributed by atoms with Crippen LogP contribution in [0.2, 0.25) is 0 Å². The molecule has 0 atom stereocenters. The molecule has 2 rings (SSSR count). The number of hydrogen-bond donors (Lipinski definition) is 0. The van der Waals surface area contributed by atoms with Crippen molar-refractivity contribution in [3.05, 3.63) is 30.3 Å². The summed E-state index contributed by atoms with van der Waals surface area (Å²) in [5.41, 5.74) is 0. The van der Waals surface area contributed by atoms with Crippen LogP contribution in [0.5, 0.6) is 0 Å². The summed E-state index contributed by atoms with van der Waals surface area (Å²) >= 11 is 0. The van der Waals surface area contributed by atoms with Crippen LogP contribution in [-0.2, 0) is 0 Å². The van der Waals surface area contributed by atoms with E-state index in [4.69, 9.17) is 0 Å². The van der Waals surface area contributed by atoms with Gasteiger partial charge in [0, 0.05) is 0 Å². The molecule has 1 aliphatic rings. The molecule has 0 radical (unpaired) electrons.